The molecule has 2 amide bonds. The Kier molecular flexibility index (Phi) is 6.24. The van der Waals surface area contributed by atoms with Crippen LogP contribution in [-0.4, -0.2) is 48.6 Å². The number of benzene rings is 1. The Labute approximate surface area is 161 Å². The number of hydrogen-bond donors (Lipinski definition) is 1. The number of likely N-dealkylation sites (tertiary alicyclic amines) is 1. The normalized spacial score (nSPS) is 18.4. The van der Waals surface area contributed by atoms with Crippen molar-refractivity contribution < 1.29 is 19.1 Å². The van der Waals surface area contributed by atoms with E-state index in [9.17, 15) is 9.59 Å². The van der Waals surface area contributed by atoms with Crippen LogP contribution in [-0.2, 0) is 16.0 Å². The third-order valence-electron chi connectivity index (χ3n) is 5.01. The van der Waals surface area contributed by atoms with E-state index in [1.165, 1.54) is 0 Å². The Bertz CT molecular complexity index is 687. The molecule has 1 saturated heterocycles. The van der Waals surface area contributed by atoms with Crippen molar-refractivity contribution in [2.24, 2.45) is 0 Å². The van der Waals surface area contributed by atoms with Gasteiger partial charge >= 0.3 is 0 Å². The average Bonchev–Trinajstić information content (AvgIpc) is 2.80. The summed E-state index contributed by atoms with van der Waals surface area (Å²) in [5, 5.41) is 2.86. The second-order valence-corrected chi connectivity index (χ2v) is 7.97. The highest BCUT2D eigenvalue weighted by Crippen LogP contribution is 2.41. The lowest BCUT2D eigenvalue weighted by Gasteiger charge is -2.20. The number of hydrogen-bond acceptors (Lipinski definition) is 4. The monoisotopic (exact) mass is 374 g/mol. The molecular weight excluding hydrogens is 344 g/mol. The molecule has 2 aliphatic heterocycles. The van der Waals surface area contributed by atoms with Gasteiger partial charge in [-0.2, -0.15) is 0 Å². The third kappa shape index (κ3) is 5.37. The standard InChI is InChI=1S/C21H30N2O4/c1-21(2)14-16-8-6-9-17(20(16)27-21)26-15-18(24)22-11-7-13-23-12-5-3-4-10-19(23)25/h6,8-9H,3-5,7,10-15H2,1-2H3,(H,22,24). The summed E-state index contributed by atoms with van der Waals surface area (Å²) in [5.41, 5.74) is 0.870. The number of nitrogens with zero attached hydrogens (tertiary/aromatic N) is 1. The molecule has 6 heteroatoms. The van der Waals surface area contributed by atoms with Gasteiger partial charge in [0.25, 0.3) is 5.91 Å². The first-order chi connectivity index (χ1) is 12.9. The second kappa shape index (κ2) is 8.63. The molecule has 0 aromatic heterocycles. The van der Waals surface area contributed by atoms with Crippen molar-refractivity contribution in [2.75, 3.05) is 26.2 Å². The first-order valence-corrected chi connectivity index (χ1v) is 9.93. The fourth-order valence-corrected chi connectivity index (χ4v) is 3.67. The van der Waals surface area contributed by atoms with E-state index >= 15 is 0 Å². The summed E-state index contributed by atoms with van der Waals surface area (Å²) in [6.45, 7) is 6.13. The Morgan fingerprint density at radius 2 is 2.15 bits per heavy atom. The summed E-state index contributed by atoms with van der Waals surface area (Å²) >= 11 is 0. The summed E-state index contributed by atoms with van der Waals surface area (Å²) in [7, 11) is 0. The topological polar surface area (TPSA) is 67.9 Å². The lowest BCUT2D eigenvalue weighted by atomic mass is 10.0. The zero-order valence-corrected chi connectivity index (χ0v) is 16.4. The summed E-state index contributed by atoms with van der Waals surface area (Å²) in [6.07, 6.45) is 5.44. The van der Waals surface area contributed by atoms with Crippen LogP contribution in [0.5, 0.6) is 11.5 Å². The number of rotatable bonds is 7. The molecule has 0 spiro atoms. The molecule has 0 aliphatic carbocycles. The second-order valence-electron chi connectivity index (χ2n) is 7.97. The molecule has 0 atom stereocenters. The van der Waals surface area contributed by atoms with E-state index in [1.807, 2.05) is 36.9 Å². The number of carbonyl (C=O) groups is 2. The number of ether oxygens (including phenoxy) is 2. The van der Waals surface area contributed by atoms with Crippen LogP contribution < -0.4 is 14.8 Å². The first-order valence-electron chi connectivity index (χ1n) is 9.93. The fraction of sp³-hybridized carbons (Fsp3) is 0.619. The zero-order chi connectivity index (χ0) is 19.3. The maximum Gasteiger partial charge on any atom is 0.257 e. The smallest absolute Gasteiger partial charge is 0.257 e. The van der Waals surface area contributed by atoms with E-state index in [4.69, 9.17) is 9.47 Å². The van der Waals surface area contributed by atoms with Gasteiger partial charge in [0, 0.05) is 38.0 Å². The van der Waals surface area contributed by atoms with Crippen LogP contribution in [0.1, 0.15) is 51.5 Å². The largest absolute Gasteiger partial charge is 0.483 e. The molecular formula is C21H30N2O4. The molecule has 27 heavy (non-hydrogen) atoms. The Morgan fingerprint density at radius 1 is 1.30 bits per heavy atom. The molecule has 1 N–H and O–H groups in total. The quantitative estimate of drug-likeness (QED) is 0.745. The lowest BCUT2D eigenvalue weighted by Crippen LogP contribution is -2.35. The average molecular weight is 374 g/mol. The molecule has 1 aromatic rings. The summed E-state index contributed by atoms with van der Waals surface area (Å²) in [6, 6.07) is 5.79. The van der Waals surface area contributed by atoms with Crippen LogP contribution in [0.2, 0.25) is 0 Å². The van der Waals surface area contributed by atoms with Gasteiger partial charge in [0.15, 0.2) is 18.1 Å². The maximum absolute atomic E-state index is 12.1. The van der Waals surface area contributed by atoms with Gasteiger partial charge in [-0.25, -0.2) is 0 Å². The van der Waals surface area contributed by atoms with Crippen LogP contribution in [0.4, 0.5) is 0 Å². The number of amides is 2. The number of fused-ring (bicyclic) bond motifs is 1. The minimum Gasteiger partial charge on any atom is -0.483 e. The van der Waals surface area contributed by atoms with Crippen LogP contribution in [0.15, 0.2) is 18.2 Å². The van der Waals surface area contributed by atoms with Crippen LogP contribution in [0.25, 0.3) is 0 Å². The highest BCUT2D eigenvalue weighted by Gasteiger charge is 2.32. The predicted molar refractivity (Wildman–Crippen MR) is 103 cm³/mol. The first kappa shape index (κ1) is 19.5. The highest BCUT2D eigenvalue weighted by molar-refractivity contribution is 5.77. The van der Waals surface area contributed by atoms with Gasteiger partial charge in [0.2, 0.25) is 5.91 Å². The number of para-hydroxylation sites is 1. The van der Waals surface area contributed by atoms with Crippen molar-refractivity contribution >= 4 is 11.8 Å². The molecule has 3 rings (SSSR count). The van der Waals surface area contributed by atoms with Gasteiger partial charge in [-0.1, -0.05) is 18.6 Å². The Hall–Kier alpha value is -2.24. The molecule has 1 fully saturated rings. The Morgan fingerprint density at radius 3 is 3.00 bits per heavy atom. The molecule has 2 aliphatic rings. The lowest BCUT2D eigenvalue weighted by molar-refractivity contribution is -0.130. The van der Waals surface area contributed by atoms with E-state index in [2.05, 4.69) is 5.32 Å². The van der Waals surface area contributed by atoms with E-state index in [1.54, 1.807) is 0 Å². The van der Waals surface area contributed by atoms with Crippen molar-refractivity contribution in [1.82, 2.24) is 10.2 Å². The van der Waals surface area contributed by atoms with E-state index in [-0.39, 0.29) is 24.0 Å². The third-order valence-corrected chi connectivity index (χ3v) is 5.01. The van der Waals surface area contributed by atoms with Gasteiger partial charge in [-0.05, 0) is 39.2 Å². The van der Waals surface area contributed by atoms with Crippen LogP contribution >= 0.6 is 0 Å². The van der Waals surface area contributed by atoms with Crippen molar-refractivity contribution in [1.29, 1.82) is 0 Å². The van der Waals surface area contributed by atoms with E-state index in [0.29, 0.717) is 25.3 Å². The molecule has 148 valence electrons. The fourth-order valence-electron chi connectivity index (χ4n) is 3.67. The molecule has 0 bridgehead atoms. The minimum atomic E-state index is -0.241. The SMILES string of the molecule is CC1(C)Cc2cccc(OCC(=O)NCCCN3CCCCCC3=O)c2O1. The predicted octanol–water partition coefficient (Wildman–Crippen LogP) is 2.69. The van der Waals surface area contributed by atoms with Crippen molar-refractivity contribution in [3.05, 3.63) is 23.8 Å². The van der Waals surface area contributed by atoms with Gasteiger partial charge in [0.1, 0.15) is 5.60 Å². The van der Waals surface area contributed by atoms with Crippen LogP contribution in [0, 0.1) is 0 Å². The molecule has 0 unspecified atom stereocenters. The molecule has 0 radical (unpaired) electrons. The molecule has 2 heterocycles. The van der Waals surface area contributed by atoms with Gasteiger partial charge < -0.3 is 19.7 Å². The Balaban J connectivity index is 1.38. The van der Waals surface area contributed by atoms with E-state index < -0.39 is 0 Å². The van der Waals surface area contributed by atoms with Crippen molar-refractivity contribution in [2.45, 2.75) is 58.0 Å². The van der Waals surface area contributed by atoms with Gasteiger partial charge in [0.05, 0.1) is 0 Å². The van der Waals surface area contributed by atoms with Gasteiger partial charge in [-0.15, -0.1) is 0 Å². The number of nitrogens with one attached hydrogen (secondary N) is 1. The number of carbonyl (C=O) groups excluding carboxylic acids is 2. The van der Waals surface area contributed by atoms with E-state index in [0.717, 1.165) is 50.0 Å². The summed E-state index contributed by atoms with van der Waals surface area (Å²) < 4.78 is 11.6. The molecule has 6 nitrogen and oxygen atoms in total. The summed E-state index contributed by atoms with van der Waals surface area (Å²) in [5.74, 6) is 1.44. The highest BCUT2D eigenvalue weighted by atomic mass is 16.5. The molecule has 1 aromatic carbocycles. The summed E-state index contributed by atoms with van der Waals surface area (Å²) in [4.78, 5) is 25.9. The molecule has 0 saturated carbocycles. The minimum absolute atomic E-state index is 0.0388. The van der Waals surface area contributed by atoms with Crippen molar-refractivity contribution in [3.63, 3.8) is 0 Å². The van der Waals surface area contributed by atoms with Crippen LogP contribution in [0.3, 0.4) is 0 Å². The van der Waals surface area contributed by atoms with Crippen molar-refractivity contribution in [3.8, 4) is 11.5 Å². The zero-order valence-electron chi connectivity index (χ0n) is 16.4. The maximum atomic E-state index is 12.1. The van der Waals surface area contributed by atoms with Gasteiger partial charge in [-0.3, -0.25) is 9.59 Å².